The first-order chi connectivity index (χ1) is 15.4. The van der Waals surface area contributed by atoms with E-state index >= 15 is 0 Å². The zero-order valence-electron chi connectivity index (χ0n) is 17.1. The highest BCUT2D eigenvalue weighted by Crippen LogP contribution is 2.39. The number of rotatable bonds is 6. The number of carbonyl (C=O) groups is 2. The smallest absolute Gasteiger partial charge is 0.344 e. The van der Waals surface area contributed by atoms with Gasteiger partial charge in [0.2, 0.25) is 5.78 Å². The molecule has 0 spiro atoms. The number of hydrogen-bond donors (Lipinski definition) is 0. The molecule has 0 bridgehead atoms. The fourth-order valence-corrected chi connectivity index (χ4v) is 3.50. The fourth-order valence-electron chi connectivity index (χ4n) is 3.19. The van der Waals surface area contributed by atoms with Gasteiger partial charge in [0.1, 0.15) is 18.1 Å². The van der Waals surface area contributed by atoms with E-state index in [0.717, 1.165) is 5.56 Å². The van der Waals surface area contributed by atoms with Crippen LogP contribution < -0.4 is 9.47 Å². The third-order valence-corrected chi connectivity index (χ3v) is 5.61. The van der Waals surface area contributed by atoms with Crippen LogP contribution in [0.25, 0.3) is 6.08 Å². The number of esters is 1. The van der Waals surface area contributed by atoms with Crippen LogP contribution >= 0.6 is 23.2 Å². The second kappa shape index (κ2) is 9.47. The van der Waals surface area contributed by atoms with Crippen LogP contribution in [-0.2, 0) is 16.1 Å². The summed E-state index contributed by atoms with van der Waals surface area (Å²) in [5.74, 6) is 0.260. The van der Waals surface area contributed by atoms with E-state index in [1.807, 2.05) is 30.3 Å². The van der Waals surface area contributed by atoms with Crippen LogP contribution in [0.4, 0.5) is 0 Å². The van der Waals surface area contributed by atoms with Gasteiger partial charge in [-0.25, -0.2) is 4.79 Å². The normalized spacial score (nSPS) is 13.6. The number of ether oxygens (including phenoxy) is 3. The summed E-state index contributed by atoms with van der Waals surface area (Å²) in [5.41, 5.74) is 2.62. The van der Waals surface area contributed by atoms with E-state index in [1.54, 1.807) is 43.3 Å². The van der Waals surface area contributed by atoms with Crippen LogP contribution in [0.5, 0.6) is 11.5 Å². The zero-order chi connectivity index (χ0) is 22.7. The summed E-state index contributed by atoms with van der Waals surface area (Å²) in [5, 5.41) is 0.811. The van der Waals surface area contributed by atoms with Gasteiger partial charge in [0, 0.05) is 5.56 Å². The molecule has 0 amide bonds. The lowest BCUT2D eigenvalue weighted by molar-refractivity contribution is -0.147. The van der Waals surface area contributed by atoms with Gasteiger partial charge in [0.05, 0.1) is 15.6 Å². The standard InChI is InChI=1S/C25H18Cl2O5/c1-15-21(30-14-23(28)31-13-16-5-3-2-4-6-16)10-8-18-24(29)22(32-25(15)18)12-17-7-9-19(26)20(27)11-17/h2-12H,13-14H2,1H3/b22-12-. The summed E-state index contributed by atoms with van der Waals surface area (Å²) in [6.07, 6.45) is 1.60. The van der Waals surface area contributed by atoms with Gasteiger partial charge in [-0.15, -0.1) is 0 Å². The maximum Gasteiger partial charge on any atom is 0.344 e. The van der Waals surface area contributed by atoms with Gasteiger partial charge in [-0.3, -0.25) is 4.79 Å². The molecule has 3 aromatic carbocycles. The Bertz CT molecular complexity index is 1220. The van der Waals surface area contributed by atoms with Crippen molar-refractivity contribution in [2.24, 2.45) is 0 Å². The maximum atomic E-state index is 12.7. The Morgan fingerprint density at radius 1 is 1.03 bits per heavy atom. The van der Waals surface area contributed by atoms with Crippen molar-refractivity contribution in [2.45, 2.75) is 13.5 Å². The van der Waals surface area contributed by atoms with Gasteiger partial charge in [-0.1, -0.05) is 59.6 Å². The molecule has 0 N–H and O–H groups in total. The predicted molar refractivity (Wildman–Crippen MR) is 122 cm³/mol. The second-order valence-electron chi connectivity index (χ2n) is 7.11. The lowest BCUT2D eigenvalue weighted by atomic mass is 10.1. The summed E-state index contributed by atoms with van der Waals surface area (Å²) in [6, 6.07) is 17.7. The number of Topliss-reactive ketones (excluding diaryl/α,β-unsaturated/α-hetero) is 1. The summed E-state index contributed by atoms with van der Waals surface area (Å²) >= 11 is 12.0. The van der Waals surface area contributed by atoms with Gasteiger partial charge < -0.3 is 14.2 Å². The molecule has 0 saturated carbocycles. The monoisotopic (exact) mass is 468 g/mol. The molecular weight excluding hydrogens is 451 g/mol. The van der Waals surface area contributed by atoms with Crippen LogP contribution in [0.2, 0.25) is 10.0 Å². The van der Waals surface area contributed by atoms with Crippen LogP contribution in [0.15, 0.2) is 66.4 Å². The number of allylic oxidation sites excluding steroid dienone is 1. The molecule has 0 aromatic heterocycles. The van der Waals surface area contributed by atoms with E-state index in [1.165, 1.54) is 0 Å². The van der Waals surface area contributed by atoms with Crippen molar-refractivity contribution in [2.75, 3.05) is 6.61 Å². The molecule has 162 valence electrons. The highest BCUT2D eigenvalue weighted by molar-refractivity contribution is 6.42. The second-order valence-corrected chi connectivity index (χ2v) is 7.93. The molecule has 0 saturated heterocycles. The van der Waals surface area contributed by atoms with Gasteiger partial charge in [-0.05, 0) is 48.4 Å². The molecule has 7 heteroatoms. The molecular formula is C25H18Cl2O5. The summed E-state index contributed by atoms with van der Waals surface area (Å²) in [7, 11) is 0. The molecule has 1 heterocycles. The number of ketones is 1. The molecule has 1 aliphatic heterocycles. The lowest BCUT2D eigenvalue weighted by Crippen LogP contribution is -2.15. The molecule has 0 unspecified atom stereocenters. The molecule has 0 fully saturated rings. The van der Waals surface area contributed by atoms with Crippen molar-refractivity contribution in [3.05, 3.63) is 98.7 Å². The minimum absolute atomic E-state index is 0.168. The average molecular weight is 469 g/mol. The van der Waals surface area contributed by atoms with Crippen LogP contribution in [0.3, 0.4) is 0 Å². The lowest BCUT2D eigenvalue weighted by Gasteiger charge is -2.11. The number of halogens is 2. The molecule has 0 atom stereocenters. The first-order valence-corrected chi connectivity index (χ1v) is 10.5. The number of fused-ring (bicyclic) bond motifs is 1. The molecule has 0 aliphatic carbocycles. The Balaban J connectivity index is 1.43. The molecule has 3 aromatic rings. The quantitative estimate of drug-likeness (QED) is 0.325. The third kappa shape index (κ3) is 4.79. The minimum atomic E-state index is -0.494. The predicted octanol–water partition coefficient (Wildman–Crippen LogP) is 6.04. The van der Waals surface area contributed by atoms with Gasteiger partial charge in [-0.2, -0.15) is 0 Å². The van der Waals surface area contributed by atoms with Crippen molar-refractivity contribution in [3.8, 4) is 11.5 Å². The van der Waals surface area contributed by atoms with E-state index in [9.17, 15) is 9.59 Å². The van der Waals surface area contributed by atoms with Crippen molar-refractivity contribution in [1.82, 2.24) is 0 Å². The summed E-state index contributed by atoms with van der Waals surface area (Å²) in [4.78, 5) is 24.8. The Labute approximate surface area is 195 Å². The number of hydrogen-bond acceptors (Lipinski definition) is 5. The average Bonchev–Trinajstić information content (AvgIpc) is 3.11. The first-order valence-electron chi connectivity index (χ1n) is 9.77. The fraction of sp³-hybridized carbons (Fsp3) is 0.120. The van der Waals surface area contributed by atoms with Crippen LogP contribution in [-0.4, -0.2) is 18.4 Å². The topological polar surface area (TPSA) is 61.8 Å². The Morgan fingerprint density at radius 3 is 2.56 bits per heavy atom. The minimum Gasteiger partial charge on any atom is -0.481 e. The SMILES string of the molecule is Cc1c(OCC(=O)OCc2ccccc2)ccc2c1O/C(=C\c1ccc(Cl)c(Cl)c1)C2=O. The van der Waals surface area contributed by atoms with E-state index < -0.39 is 5.97 Å². The largest absolute Gasteiger partial charge is 0.481 e. The summed E-state index contributed by atoms with van der Waals surface area (Å²) in [6.45, 7) is 1.68. The van der Waals surface area contributed by atoms with Crippen molar-refractivity contribution in [3.63, 3.8) is 0 Å². The maximum absolute atomic E-state index is 12.7. The Morgan fingerprint density at radius 2 is 1.81 bits per heavy atom. The Hall–Kier alpha value is -3.28. The Kier molecular flexibility index (Phi) is 6.49. The van der Waals surface area contributed by atoms with Gasteiger partial charge in [0.25, 0.3) is 0 Å². The van der Waals surface area contributed by atoms with E-state index in [0.29, 0.717) is 38.2 Å². The summed E-state index contributed by atoms with van der Waals surface area (Å²) < 4.78 is 16.7. The van der Waals surface area contributed by atoms with E-state index in [-0.39, 0.29) is 24.8 Å². The first kappa shape index (κ1) is 21.9. The van der Waals surface area contributed by atoms with Gasteiger partial charge >= 0.3 is 5.97 Å². The van der Waals surface area contributed by atoms with E-state index in [4.69, 9.17) is 37.4 Å². The molecule has 1 aliphatic rings. The van der Waals surface area contributed by atoms with Crippen molar-refractivity contribution in [1.29, 1.82) is 0 Å². The van der Waals surface area contributed by atoms with E-state index in [2.05, 4.69) is 0 Å². The van der Waals surface area contributed by atoms with Crippen molar-refractivity contribution < 1.29 is 23.8 Å². The van der Waals surface area contributed by atoms with Crippen LogP contribution in [0.1, 0.15) is 27.0 Å². The molecule has 4 rings (SSSR count). The number of benzene rings is 3. The van der Waals surface area contributed by atoms with Crippen LogP contribution in [0, 0.1) is 6.92 Å². The van der Waals surface area contributed by atoms with Gasteiger partial charge in [0.15, 0.2) is 12.4 Å². The highest BCUT2D eigenvalue weighted by Gasteiger charge is 2.30. The highest BCUT2D eigenvalue weighted by atomic mass is 35.5. The molecule has 0 radical (unpaired) electrons. The molecule has 32 heavy (non-hydrogen) atoms. The molecule has 5 nitrogen and oxygen atoms in total. The van der Waals surface area contributed by atoms with Crippen molar-refractivity contribution >= 4 is 41.0 Å². The third-order valence-electron chi connectivity index (χ3n) is 4.87. The zero-order valence-corrected chi connectivity index (χ0v) is 18.6. The number of carbonyl (C=O) groups excluding carboxylic acids is 2.